The SMILES string of the molecule is CC(O)[C@H]1CC[C@H](CN)CC1. The van der Waals surface area contributed by atoms with Gasteiger partial charge in [0.15, 0.2) is 0 Å². The van der Waals surface area contributed by atoms with Gasteiger partial charge >= 0.3 is 0 Å². The van der Waals surface area contributed by atoms with E-state index in [2.05, 4.69) is 0 Å². The van der Waals surface area contributed by atoms with Gasteiger partial charge in [-0.25, -0.2) is 0 Å². The summed E-state index contributed by atoms with van der Waals surface area (Å²) in [4.78, 5) is 0. The third-order valence-electron chi connectivity index (χ3n) is 2.91. The van der Waals surface area contributed by atoms with E-state index in [1.807, 2.05) is 6.92 Å². The third kappa shape index (κ3) is 2.46. The number of hydrogen-bond acceptors (Lipinski definition) is 2. The second-order valence-electron chi connectivity index (χ2n) is 3.76. The Kier molecular flexibility index (Phi) is 3.34. The van der Waals surface area contributed by atoms with E-state index in [9.17, 15) is 5.11 Å². The molecule has 0 radical (unpaired) electrons. The van der Waals surface area contributed by atoms with E-state index < -0.39 is 0 Å². The summed E-state index contributed by atoms with van der Waals surface area (Å²) in [7, 11) is 0. The van der Waals surface area contributed by atoms with Crippen LogP contribution in [0.2, 0.25) is 0 Å². The Morgan fingerprint density at radius 2 is 1.91 bits per heavy atom. The molecule has 1 atom stereocenters. The van der Waals surface area contributed by atoms with Gasteiger partial charge in [-0.15, -0.1) is 0 Å². The normalized spacial score (nSPS) is 35.2. The first-order valence-corrected chi connectivity index (χ1v) is 4.62. The van der Waals surface area contributed by atoms with Crippen LogP contribution in [-0.4, -0.2) is 17.8 Å². The van der Waals surface area contributed by atoms with Crippen molar-refractivity contribution in [2.24, 2.45) is 17.6 Å². The van der Waals surface area contributed by atoms with Crippen LogP contribution < -0.4 is 5.73 Å². The van der Waals surface area contributed by atoms with E-state index in [4.69, 9.17) is 5.73 Å². The Bertz CT molecular complexity index is 106. The maximum Gasteiger partial charge on any atom is 0.0540 e. The monoisotopic (exact) mass is 157 g/mol. The van der Waals surface area contributed by atoms with Crippen LogP contribution in [0.3, 0.4) is 0 Å². The predicted octanol–water partition coefficient (Wildman–Crippen LogP) is 1.13. The van der Waals surface area contributed by atoms with Gasteiger partial charge in [-0.1, -0.05) is 0 Å². The average molecular weight is 157 g/mol. The van der Waals surface area contributed by atoms with Crippen LogP contribution in [0.25, 0.3) is 0 Å². The molecule has 0 aromatic rings. The minimum absolute atomic E-state index is 0.117. The first kappa shape index (κ1) is 9.01. The van der Waals surface area contributed by atoms with E-state index >= 15 is 0 Å². The Morgan fingerprint density at radius 1 is 1.36 bits per heavy atom. The second-order valence-corrected chi connectivity index (χ2v) is 3.76. The standard InChI is InChI=1S/C9H19NO/c1-7(11)9-4-2-8(6-10)3-5-9/h7-9,11H,2-6,10H2,1H3/t7?,8-,9-. The maximum atomic E-state index is 9.30. The summed E-state index contributed by atoms with van der Waals surface area (Å²) in [6.45, 7) is 2.72. The first-order valence-electron chi connectivity index (χ1n) is 4.62. The van der Waals surface area contributed by atoms with Gasteiger partial charge in [-0.2, -0.15) is 0 Å². The van der Waals surface area contributed by atoms with Gasteiger partial charge in [0, 0.05) is 0 Å². The molecule has 2 heteroatoms. The Balaban J connectivity index is 2.24. The molecule has 0 bridgehead atoms. The smallest absolute Gasteiger partial charge is 0.0540 e. The van der Waals surface area contributed by atoms with Crippen molar-refractivity contribution in [3.63, 3.8) is 0 Å². The summed E-state index contributed by atoms with van der Waals surface area (Å²) in [5, 5.41) is 9.30. The van der Waals surface area contributed by atoms with Crippen LogP contribution >= 0.6 is 0 Å². The number of aliphatic hydroxyl groups is 1. The topological polar surface area (TPSA) is 46.2 Å². The highest BCUT2D eigenvalue weighted by Gasteiger charge is 2.22. The molecule has 11 heavy (non-hydrogen) atoms. The maximum absolute atomic E-state index is 9.30. The Morgan fingerprint density at radius 3 is 2.27 bits per heavy atom. The van der Waals surface area contributed by atoms with Crippen molar-refractivity contribution in [3.05, 3.63) is 0 Å². The number of hydrogen-bond donors (Lipinski definition) is 2. The fourth-order valence-electron chi connectivity index (χ4n) is 1.91. The van der Waals surface area contributed by atoms with Crippen LogP contribution in [0.1, 0.15) is 32.6 Å². The molecular weight excluding hydrogens is 138 g/mol. The molecule has 1 rings (SSSR count). The minimum Gasteiger partial charge on any atom is -0.393 e. The van der Waals surface area contributed by atoms with Crippen molar-refractivity contribution in [2.45, 2.75) is 38.7 Å². The van der Waals surface area contributed by atoms with Gasteiger partial charge in [0.1, 0.15) is 0 Å². The molecule has 1 fully saturated rings. The fraction of sp³-hybridized carbons (Fsp3) is 1.00. The average Bonchev–Trinajstić information content (AvgIpc) is 2.05. The van der Waals surface area contributed by atoms with Crippen LogP contribution in [0.4, 0.5) is 0 Å². The van der Waals surface area contributed by atoms with E-state index in [0.29, 0.717) is 5.92 Å². The molecule has 1 unspecified atom stereocenters. The summed E-state index contributed by atoms with van der Waals surface area (Å²) in [6, 6.07) is 0. The molecule has 0 spiro atoms. The number of rotatable bonds is 2. The Hall–Kier alpha value is -0.0800. The molecule has 0 aliphatic heterocycles. The lowest BCUT2D eigenvalue weighted by molar-refractivity contribution is 0.0896. The lowest BCUT2D eigenvalue weighted by Gasteiger charge is -2.29. The molecule has 0 amide bonds. The highest BCUT2D eigenvalue weighted by atomic mass is 16.3. The van der Waals surface area contributed by atoms with Crippen LogP contribution in [0, 0.1) is 11.8 Å². The van der Waals surface area contributed by atoms with Gasteiger partial charge < -0.3 is 10.8 Å². The molecule has 0 aromatic heterocycles. The summed E-state index contributed by atoms with van der Waals surface area (Å²) in [5.41, 5.74) is 5.56. The molecule has 1 aliphatic carbocycles. The summed E-state index contributed by atoms with van der Waals surface area (Å²) in [5.74, 6) is 1.27. The van der Waals surface area contributed by atoms with Crippen LogP contribution in [0.15, 0.2) is 0 Å². The van der Waals surface area contributed by atoms with E-state index in [0.717, 1.165) is 12.5 Å². The van der Waals surface area contributed by atoms with Gasteiger partial charge in [0.25, 0.3) is 0 Å². The van der Waals surface area contributed by atoms with Gasteiger partial charge in [-0.05, 0) is 51.0 Å². The van der Waals surface area contributed by atoms with E-state index in [1.54, 1.807) is 0 Å². The van der Waals surface area contributed by atoms with Crippen LogP contribution in [0.5, 0.6) is 0 Å². The summed E-state index contributed by atoms with van der Waals surface area (Å²) < 4.78 is 0. The van der Waals surface area contributed by atoms with Crippen molar-refractivity contribution in [1.29, 1.82) is 0 Å². The molecule has 3 N–H and O–H groups in total. The molecule has 66 valence electrons. The van der Waals surface area contributed by atoms with Crippen molar-refractivity contribution in [1.82, 2.24) is 0 Å². The largest absolute Gasteiger partial charge is 0.393 e. The highest BCUT2D eigenvalue weighted by Crippen LogP contribution is 2.29. The third-order valence-corrected chi connectivity index (χ3v) is 2.91. The van der Waals surface area contributed by atoms with Gasteiger partial charge in [-0.3, -0.25) is 0 Å². The molecule has 0 heterocycles. The molecule has 1 saturated carbocycles. The highest BCUT2D eigenvalue weighted by molar-refractivity contribution is 4.75. The van der Waals surface area contributed by atoms with Crippen molar-refractivity contribution < 1.29 is 5.11 Å². The summed E-state index contributed by atoms with van der Waals surface area (Å²) in [6.07, 6.45) is 4.64. The molecule has 0 saturated heterocycles. The lowest BCUT2D eigenvalue weighted by atomic mass is 9.80. The van der Waals surface area contributed by atoms with Crippen molar-refractivity contribution in [3.8, 4) is 0 Å². The fourth-order valence-corrected chi connectivity index (χ4v) is 1.91. The minimum atomic E-state index is -0.117. The van der Waals surface area contributed by atoms with E-state index in [-0.39, 0.29) is 6.10 Å². The molecule has 1 aliphatic rings. The zero-order valence-corrected chi connectivity index (χ0v) is 7.29. The van der Waals surface area contributed by atoms with Gasteiger partial charge in [0.2, 0.25) is 0 Å². The first-order chi connectivity index (χ1) is 5.24. The quantitative estimate of drug-likeness (QED) is 0.631. The van der Waals surface area contributed by atoms with Crippen LogP contribution in [-0.2, 0) is 0 Å². The van der Waals surface area contributed by atoms with Gasteiger partial charge in [0.05, 0.1) is 6.10 Å². The summed E-state index contributed by atoms with van der Waals surface area (Å²) >= 11 is 0. The van der Waals surface area contributed by atoms with E-state index in [1.165, 1.54) is 25.7 Å². The lowest BCUT2D eigenvalue weighted by Crippen LogP contribution is -2.26. The zero-order chi connectivity index (χ0) is 8.27. The number of aliphatic hydroxyl groups excluding tert-OH is 1. The van der Waals surface area contributed by atoms with Crippen molar-refractivity contribution in [2.75, 3.05) is 6.54 Å². The number of nitrogens with two attached hydrogens (primary N) is 1. The molecule has 0 aromatic carbocycles. The zero-order valence-electron chi connectivity index (χ0n) is 7.29. The second kappa shape index (κ2) is 4.07. The Labute approximate surface area is 68.8 Å². The molecule has 2 nitrogen and oxygen atoms in total. The predicted molar refractivity (Wildman–Crippen MR) is 46.2 cm³/mol. The van der Waals surface area contributed by atoms with Crippen molar-refractivity contribution >= 4 is 0 Å². The molecular formula is C9H19NO.